The van der Waals surface area contributed by atoms with Crippen molar-refractivity contribution in [3.63, 3.8) is 0 Å². The van der Waals surface area contributed by atoms with Gasteiger partial charge in [0.15, 0.2) is 0 Å². The lowest BCUT2D eigenvalue weighted by molar-refractivity contribution is -0.131. The molecule has 0 spiro atoms. The molecule has 0 amide bonds. The second-order valence-corrected chi connectivity index (χ2v) is 6.79. The van der Waals surface area contributed by atoms with Crippen molar-refractivity contribution in [2.24, 2.45) is 0 Å². The highest BCUT2D eigenvalue weighted by Crippen LogP contribution is 2.44. The summed E-state index contributed by atoms with van der Waals surface area (Å²) in [7, 11) is 0. The molecule has 0 heterocycles. The summed E-state index contributed by atoms with van der Waals surface area (Å²) < 4.78 is 0. The molecule has 2 aromatic rings. The van der Waals surface area contributed by atoms with E-state index >= 15 is 0 Å². The van der Waals surface area contributed by atoms with Gasteiger partial charge in [-0.05, 0) is 35.6 Å². The molecule has 0 saturated heterocycles. The van der Waals surface area contributed by atoms with Gasteiger partial charge in [0.2, 0.25) is 0 Å². The van der Waals surface area contributed by atoms with Gasteiger partial charge in [0.25, 0.3) is 0 Å². The van der Waals surface area contributed by atoms with Gasteiger partial charge in [-0.25, -0.2) is 0 Å². The van der Waals surface area contributed by atoms with E-state index in [4.69, 9.17) is 0 Å². The maximum Gasteiger partial charge on any atom is 0.146 e. The van der Waals surface area contributed by atoms with E-state index in [1.807, 2.05) is 18.2 Å². The van der Waals surface area contributed by atoms with Crippen molar-refractivity contribution in [2.45, 2.75) is 63.4 Å². The Hall–Kier alpha value is -1.67. The molecule has 1 N–H and O–H groups in total. The summed E-state index contributed by atoms with van der Waals surface area (Å²) in [6.07, 6.45) is 5.42. The zero-order valence-electron chi connectivity index (χ0n) is 13.9. The maximum absolute atomic E-state index is 13.2. The highest BCUT2D eigenvalue weighted by molar-refractivity contribution is 5.97. The summed E-state index contributed by atoms with van der Waals surface area (Å²) in [5.74, 6) is 0.225. The van der Waals surface area contributed by atoms with Crippen LogP contribution in [0.1, 0.15) is 57.4 Å². The zero-order chi connectivity index (χ0) is 16.3. The van der Waals surface area contributed by atoms with Gasteiger partial charge in [0.1, 0.15) is 5.78 Å². The molecule has 2 heteroatoms. The first-order chi connectivity index (χ1) is 11.2. The smallest absolute Gasteiger partial charge is 0.146 e. The average Bonchev–Trinajstić information content (AvgIpc) is 2.60. The molecule has 1 aliphatic carbocycles. The highest BCUT2D eigenvalue weighted by Gasteiger charge is 2.47. The number of ketones is 1. The number of benzene rings is 2. The fourth-order valence-corrected chi connectivity index (χ4v) is 4.12. The molecule has 0 aliphatic heterocycles. The topological polar surface area (TPSA) is 37.3 Å². The zero-order valence-corrected chi connectivity index (χ0v) is 13.9. The van der Waals surface area contributed by atoms with Crippen LogP contribution in [0, 0.1) is 0 Å². The molecule has 122 valence electrons. The molecule has 0 unspecified atom stereocenters. The minimum Gasteiger partial charge on any atom is -0.392 e. The lowest BCUT2D eigenvalue weighted by Crippen LogP contribution is -2.49. The summed E-state index contributed by atoms with van der Waals surface area (Å²) >= 11 is 0. The number of fused-ring (bicyclic) bond motifs is 1. The monoisotopic (exact) mass is 310 g/mol. The Balaban J connectivity index is 2.16. The van der Waals surface area contributed by atoms with Gasteiger partial charge in [-0.15, -0.1) is 0 Å². The van der Waals surface area contributed by atoms with Crippen LogP contribution in [0.15, 0.2) is 42.5 Å². The largest absolute Gasteiger partial charge is 0.392 e. The van der Waals surface area contributed by atoms with E-state index in [0.717, 1.165) is 54.9 Å². The average molecular weight is 310 g/mol. The lowest BCUT2D eigenvalue weighted by atomic mass is 9.63. The third kappa shape index (κ3) is 2.81. The third-order valence-corrected chi connectivity index (χ3v) is 5.39. The van der Waals surface area contributed by atoms with Crippen LogP contribution in [-0.2, 0) is 10.2 Å². The number of aliphatic hydroxyl groups excluding tert-OH is 1. The Morgan fingerprint density at radius 3 is 2.74 bits per heavy atom. The minimum atomic E-state index is -0.714. The fraction of sp³-hybridized carbons (Fsp3) is 0.476. The Kier molecular flexibility index (Phi) is 4.82. The van der Waals surface area contributed by atoms with E-state index in [1.54, 1.807) is 0 Å². The van der Waals surface area contributed by atoms with Gasteiger partial charge < -0.3 is 5.11 Å². The Morgan fingerprint density at radius 1 is 1.17 bits per heavy atom. The van der Waals surface area contributed by atoms with Crippen LogP contribution >= 0.6 is 0 Å². The molecule has 2 nitrogen and oxygen atoms in total. The van der Waals surface area contributed by atoms with Gasteiger partial charge in [0.05, 0.1) is 11.5 Å². The number of hydrogen-bond acceptors (Lipinski definition) is 2. The van der Waals surface area contributed by atoms with Crippen LogP contribution in [0.3, 0.4) is 0 Å². The number of hydrogen-bond donors (Lipinski definition) is 1. The van der Waals surface area contributed by atoms with Crippen LogP contribution in [-0.4, -0.2) is 17.0 Å². The Labute approximate surface area is 138 Å². The number of Topliss-reactive ketones (excluding diaryl/α,β-unsaturated/α-hetero) is 1. The molecular weight excluding hydrogens is 284 g/mol. The summed E-state index contributed by atoms with van der Waals surface area (Å²) in [6.45, 7) is 2.11. The predicted molar refractivity (Wildman–Crippen MR) is 94.6 cm³/mol. The molecular formula is C21H26O2. The van der Waals surface area contributed by atoms with Crippen LogP contribution < -0.4 is 0 Å². The summed E-state index contributed by atoms with van der Waals surface area (Å²) in [4.78, 5) is 13.2. The first-order valence-electron chi connectivity index (χ1n) is 8.89. The maximum atomic E-state index is 13.2. The normalized spacial score (nSPS) is 24.7. The molecule has 1 fully saturated rings. The van der Waals surface area contributed by atoms with Crippen molar-refractivity contribution in [1.82, 2.24) is 0 Å². The van der Waals surface area contributed by atoms with Crippen LogP contribution in [0.4, 0.5) is 0 Å². The number of carbonyl (C=O) groups excluding carboxylic acids is 1. The highest BCUT2D eigenvalue weighted by atomic mass is 16.3. The van der Waals surface area contributed by atoms with E-state index in [0.29, 0.717) is 6.42 Å². The third-order valence-electron chi connectivity index (χ3n) is 5.39. The van der Waals surface area contributed by atoms with Crippen molar-refractivity contribution < 1.29 is 9.90 Å². The fourth-order valence-electron chi connectivity index (χ4n) is 4.12. The molecule has 0 radical (unpaired) electrons. The quantitative estimate of drug-likeness (QED) is 0.863. The van der Waals surface area contributed by atoms with E-state index in [2.05, 4.69) is 31.2 Å². The lowest BCUT2D eigenvalue weighted by Gasteiger charge is -2.41. The number of rotatable bonds is 5. The number of unbranched alkanes of at least 4 members (excludes halogenated alkanes) is 1. The second-order valence-electron chi connectivity index (χ2n) is 6.79. The van der Waals surface area contributed by atoms with Crippen LogP contribution in [0.5, 0.6) is 0 Å². The molecule has 2 atom stereocenters. The Bertz CT molecular complexity index is 686. The first kappa shape index (κ1) is 16.2. The van der Waals surface area contributed by atoms with Gasteiger partial charge in [-0.3, -0.25) is 4.79 Å². The second kappa shape index (κ2) is 6.84. The van der Waals surface area contributed by atoms with Gasteiger partial charge >= 0.3 is 0 Å². The predicted octanol–water partition coefficient (Wildman–Crippen LogP) is 4.77. The molecule has 2 aromatic carbocycles. The van der Waals surface area contributed by atoms with Crippen LogP contribution in [0.25, 0.3) is 10.8 Å². The van der Waals surface area contributed by atoms with Crippen molar-refractivity contribution >= 4 is 16.6 Å². The molecule has 1 aliphatic rings. The van der Waals surface area contributed by atoms with E-state index in [9.17, 15) is 9.90 Å². The SMILES string of the molecule is CCCCC(=O)[C@]1(c2cccc3ccccc23)CCCC[C@@H]1O. The molecule has 0 aromatic heterocycles. The van der Waals surface area contributed by atoms with Gasteiger partial charge in [0, 0.05) is 6.42 Å². The Morgan fingerprint density at radius 2 is 1.96 bits per heavy atom. The number of carbonyl (C=O) groups is 1. The van der Waals surface area contributed by atoms with Crippen molar-refractivity contribution in [3.05, 3.63) is 48.0 Å². The van der Waals surface area contributed by atoms with E-state index in [-0.39, 0.29) is 5.78 Å². The van der Waals surface area contributed by atoms with Crippen molar-refractivity contribution in [3.8, 4) is 0 Å². The van der Waals surface area contributed by atoms with Gasteiger partial charge in [-0.1, -0.05) is 68.7 Å². The van der Waals surface area contributed by atoms with Crippen LogP contribution in [0.2, 0.25) is 0 Å². The summed E-state index contributed by atoms with van der Waals surface area (Å²) in [6, 6.07) is 14.4. The van der Waals surface area contributed by atoms with Gasteiger partial charge in [-0.2, -0.15) is 0 Å². The van der Waals surface area contributed by atoms with Crippen molar-refractivity contribution in [2.75, 3.05) is 0 Å². The summed E-state index contributed by atoms with van der Waals surface area (Å²) in [5, 5.41) is 13.1. The van der Waals surface area contributed by atoms with E-state index < -0.39 is 11.5 Å². The minimum absolute atomic E-state index is 0.225. The molecule has 23 heavy (non-hydrogen) atoms. The molecule has 1 saturated carbocycles. The van der Waals surface area contributed by atoms with E-state index in [1.165, 1.54) is 0 Å². The standard InChI is InChI=1S/C21H26O2/c1-2-3-13-19(22)21(15-7-6-14-20(21)23)18-12-8-10-16-9-4-5-11-17(16)18/h4-5,8-12,20,23H,2-3,6-7,13-15H2,1H3/t20-,21+/m0/s1. The van der Waals surface area contributed by atoms with Crippen molar-refractivity contribution in [1.29, 1.82) is 0 Å². The molecule has 3 rings (SSSR count). The first-order valence-corrected chi connectivity index (χ1v) is 8.89. The number of aliphatic hydroxyl groups is 1. The summed E-state index contributed by atoms with van der Waals surface area (Å²) in [5.41, 5.74) is 0.317. The molecule has 0 bridgehead atoms.